The molecule has 1 aliphatic rings. The molecule has 0 spiro atoms. The quantitative estimate of drug-likeness (QED) is 0.766. The monoisotopic (exact) mass is 200 g/mol. The molecule has 1 N–H and O–H groups in total. The van der Waals surface area contributed by atoms with Crippen LogP contribution in [0.25, 0.3) is 10.8 Å². The number of hydrogen-bond donors (Lipinski definition) is 1. The Balaban J connectivity index is 2.37. The van der Waals surface area contributed by atoms with Gasteiger partial charge in [-0.1, -0.05) is 0 Å². The smallest absolute Gasteiger partial charge is 0.133 e. The summed E-state index contributed by atoms with van der Waals surface area (Å²) in [6.07, 6.45) is 2.84. The highest BCUT2D eigenvalue weighted by Crippen LogP contribution is 2.34. The summed E-state index contributed by atoms with van der Waals surface area (Å²) in [6, 6.07) is 6.16. The van der Waals surface area contributed by atoms with Crippen LogP contribution in [-0.4, -0.2) is 18.6 Å². The van der Waals surface area contributed by atoms with Gasteiger partial charge in [-0.15, -0.1) is 0 Å². The van der Waals surface area contributed by atoms with Crippen LogP contribution in [0.1, 0.15) is 5.56 Å². The van der Waals surface area contributed by atoms with Crippen LogP contribution in [0.15, 0.2) is 24.4 Å². The maximum absolute atomic E-state index is 5.54. The van der Waals surface area contributed by atoms with Gasteiger partial charge < -0.3 is 10.1 Å². The van der Waals surface area contributed by atoms with E-state index in [0.717, 1.165) is 24.6 Å². The van der Waals surface area contributed by atoms with E-state index in [4.69, 9.17) is 4.74 Å². The number of nitrogens with zero attached hydrogens (tertiary/aromatic N) is 1. The van der Waals surface area contributed by atoms with Crippen LogP contribution in [0, 0.1) is 0 Å². The predicted molar refractivity (Wildman–Crippen MR) is 60.5 cm³/mol. The van der Waals surface area contributed by atoms with Gasteiger partial charge in [0.1, 0.15) is 11.6 Å². The Morgan fingerprint density at radius 3 is 3.07 bits per heavy atom. The summed E-state index contributed by atoms with van der Waals surface area (Å²) in [6.45, 7) is 0.797. The van der Waals surface area contributed by atoms with Crippen molar-refractivity contribution >= 4 is 16.6 Å². The van der Waals surface area contributed by atoms with Crippen molar-refractivity contribution in [2.24, 2.45) is 0 Å². The fourth-order valence-electron chi connectivity index (χ4n) is 2.15. The molecule has 0 aliphatic carbocycles. The molecule has 76 valence electrons. The molecule has 0 fully saturated rings. The molecule has 0 saturated heterocycles. The Labute approximate surface area is 88.1 Å². The third-order valence-corrected chi connectivity index (χ3v) is 2.86. The number of ether oxygens (including phenoxy) is 1. The molecule has 0 bridgehead atoms. The Morgan fingerprint density at radius 1 is 1.27 bits per heavy atom. The zero-order valence-electron chi connectivity index (χ0n) is 8.58. The van der Waals surface area contributed by atoms with Crippen molar-refractivity contribution in [2.75, 3.05) is 19.0 Å². The number of benzene rings is 1. The summed E-state index contributed by atoms with van der Waals surface area (Å²) in [4.78, 5) is 4.30. The zero-order chi connectivity index (χ0) is 10.3. The number of fused-ring (bicyclic) bond motifs is 3. The second-order valence-electron chi connectivity index (χ2n) is 3.65. The second-order valence-corrected chi connectivity index (χ2v) is 3.65. The first-order valence-electron chi connectivity index (χ1n) is 5.11. The Hall–Kier alpha value is -1.77. The van der Waals surface area contributed by atoms with Crippen LogP contribution in [0.3, 0.4) is 0 Å². The largest absolute Gasteiger partial charge is 0.493 e. The Kier molecular flexibility index (Phi) is 1.78. The van der Waals surface area contributed by atoms with Gasteiger partial charge in [0.05, 0.1) is 6.61 Å². The topological polar surface area (TPSA) is 34.2 Å². The van der Waals surface area contributed by atoms with E-state index in [2.05, 4.69) is 22.4 Å². The van der Waals surface area contributed by atoms with Crippen molar-refractivity contribution < 1.29 is 4.74 Å². The molecular weight excluding hydrogens is 188 g/mol. The van der Waals surface area contributed by atoms with E-state index in [0.29, 0.717) is 0 Å². The number of anilines is 1. The van der Waals surface area contributed by atoms with Crippen LogP contribution >= 0.6 is 0 Å². The lowest BCUT2D eigenvalue weighted by Gasteiger charge is -2.07. The van der Waals surface area contributed by atoms with Crippen LogP contribution < -0.4 is 10.1 Å². The molecule has 0 saturated carbocycles. The van der Waals surface area contributed by atoms with Crippen molar-refractivity contribution in [1.29, 1.82) is 0 Å². The molecule has 1 aromatic carbocycles. The summed E-state index contributed by atoms with van der Waals surface area (Å²) < 4.78 is 5.54. The van der Waals surface area contributed by atoms with Gasteiger partial charge in [0, 0.05) is 30.6 Å². The van der Waals surface area contributed by atoms with Gasteiger partial charge in [-0.05, 0) is 23.6 Å². The molecule has 1 aromatic heterocycles. The Bertz CT molecular complexity index is 522. The number of hydrogen-bond acceptors (Lipinski definition) is 3. The lowest BCUT2D eigenvalue weighted by atomic mass is 10.0. The molecule has 0 radical (unpaired) electrons. The van der Waals surface area contributed by atoms with E-state index in [9.17, 15) is 0 Å². The number of pyridine rings is 1. The van der Waals surface area contributed by atoms with E-state index in [1.165, 1.54) is 16.3 Å². The van der Waals surface area contributed by atoms with Gasteiger partial charge in [0.2, 0.25) is 0 Å². The summed E-state index contributed by atoms with van der Waals surface area (Å²) >= 11 is 0. The van der Waals surface area contributed by atoms with Crippen molar-refractivity contribution in [3.8, 4) is 5.75 Å². The van der Waals surface area contributed by atoms with E-state index in [1.807, 2.05) is 19.3 Å². The highest BCUT2D eigenvalue weighted by Gasteiger charge is 2.15. The lowest BCUT2D eigenvalue weighted by molar-refractivity contribution is 0.357. The van der Waals surface area contributed by atoms with Gasteiger partial charge in [-0.2, -0.15) is 0 Å². The summed E-state index contributed by atoms with van der Waals surface area (Å²) in [5.74, 6) is 1.96. The second kappa shape index (κ2) is 3.12. The predicted octanol–water partition coefficient (Wildman–Crippen LogP) is 2.21. The number of rotatable bonds is 1. The van der Waals surface area contributed by atoms with Gasteiger partial charge in [-0.25, -0.2) is 4.98 Å². The average Bonchev–Trinajstić information content (AvgIpc) is 2.76. The molecule has 0 atom stereocenters. The van der Waals surface area contributed by atoms with Crippen molar-refractivity contribution in [2.45, 2.75) is 6.42 Å². The molecule has 15 heavy (non-hydrogen) atoms. The molecule has 1 aliphatic heterocycles. The fourth-order valence-corrected chi connectivity index (χ4v) is 2.15. The molecule has 3 rings (SSSR count). The van der Waals surface area contributed by atoms with Gasteiger partial charge in [0.15, 0.2) is 0 Å². The van der Waals surface area contributed by atoms with Gasteiger partial charge in [0.25, 0.3) is 0 Å². The van der Waals surface area contributed by atoms with E-state index < -0.39 is 0 Å². The minimum atomic E-state index is 0.797. The molecule has 0 amide bonds. The first-order chi connectivity index (χ1) is 7.40. The summed E-state index contributed by atoms with van der Waals surface area (Å²) in [7, 11) is 1.89. The van der Waals surface area contributed by atoms with Crippen molar-refractivity contribution in [1.82, 2.24) is 4.98 Å². The normalized spacial score (nSPS) is 13.7. The third kappa shape index (κ3) is 1.16. The minimum Gasteiger partial charge on any atom is -0.493 e. The molecule has 0 unspecified atom stereocenters. The molecule has 2 aromatic rings. The zero-order valence-corrected chi connectivity index (χ0v) is 8.58. The van der Waals surface area contributed by atoms with E-state index in [-0.39, 0.29) is 0 Å². The number of nitrogens with one attached hydrogen (secondary N) is 1. The van der Waals surface area contributed by atoms with Crippen LogP contribution in [0.2, 0.25) is 0 Å². The average molecular weight is 200 g/mol. The minimum absolute atomic E-state index is 0.797. The molecular formula is C12H12N2O. The van der Waals surface area contributed by atoms with Crippen LogP contribution in [-0.2, 0) is 6.42 Å². The SMILES string of the molecule is CNc1nccc2c3c(ccc12)OCC3. The highest BCUT2D eigenvalue weighted by atomic mass is 16.5. The van der Waals surface area contributed by atoms with E-state index >= 15 is 0 Å². The first kappa shape index (κ1) is 8.53. The number of aromatic nitrogens is 1. The lowest BCUT2D eigenvalue weighted by Crippen LogP contribution is -1.93. The van der Waals surface area contributed by atoms with Crippen molar-refractivity contribution in [3.05, 3.63) is 30.0 Å². The van der Waals surface area contributed by atoms with E-state index in [1.54, 1.807) is 0 Å². The van der Waals surface area contributed by atoms with Gasteiger partial charge in [-0.3, -0.25) is 0 Å². The highest BCUT2D eigenvalue weighted by molar-refractivity contribution is 5.95. The van der Waals surface area contributed by atoms with Gasteiger partial charge >= 0.3 is 0 Å². The third-order valence-electron chi connectivity index (χ3n) is 2.86. The standard InChI is InChI=1S/C12H12N2O/c1-13-12-10-2-3-11-9(5-7-15-11)8(10)4-6-14-12/h2-4,6H,5,7H2,1H3,(H,13,14). The maximum Gasteiger partial charge on any atom is 0.133 e. The first-order valence-corrected chi connectivity index (χ1v) is 5.11. The van der Waals surface area contributed by atoms with Crippen molar-refractivity contribution in [3.63, 3.8) is 0 Å². The summed E-state index contributed by atoms with van der Waals surface area (Å²) in [5, 5.41) is 5.53. The van der Waals surface area contributed by atoms with Crippen LogP contribution in [0.4, 0.5) is 5.82 Å². The molecule has 2 heterocycles. The molecule has 3 heteroatoms. The Morgan fingerprint density at radius 2 is 2.20 bits per heavy atom. The maximum atomic E-state index is 5.54. The molecule has 3 nitrogen and oxygen atoms in total. The van der Waals surface area contributed by atoms with Crippen LogP contribution in [0.5, 0.6) is 5.75 Å². The summed E-state index contributed by atoms with van der Waals surface area (Å²) in [5.41, 5.74) is 1.31. The fraction of sp³-hybridized carbons (Fsp3) is 0.250.